The Morgan fingerprint density at radius 3 is 2.76 bits per heavy atom. The molecule has 1 aliphatic carbocycles. The molecule has 0 unspecified atom stereocenters. The number of thiazole rings is 1. The van der Waals surface area contributed by atoms with Crippen LogP contribution in [0, 0.1) is 17.2 Å². The molecule has 1 N–H and O–H groups in total. The molecule has 0 atom stereocenters. The quantitative estimate of drug-likeness (QED) is 0.676. The molecule has 148 valence electrons. The van der Waals surface area contributed by atoms with Crippen LogP contribution < -0.4 is 15.0 Å². The van der Waals surface area contributed by atoms with Gasteiger partial charge in [-0.3, -0.25) is 0 Å². The first-order chi connectivity index (χ1) is 14.3. The fourth-order valence-corrected chi connectivity index (χ4v) is 4.95. The molecule has 29 heavy (non-hydrogen) atoms. The van der Waals surface area contributed by atoms with Gasteiger partial charge in [0.25, 0.3) is 0 Å². The number of rotatable bonds is 5. The molecule has 7 heteroatoms. The molecular formula is C22H23N5OS. The van der Waals surface area contributed by atoms with E-state index in [-0.39, 0.29) is 12.0 Å². The Labute approximate surface area is 174 Å². The molecule has 1 saturated carbocycles. The van der Waals surface area contributed by atoms with E-state index in [2.05, 4.69) is 38.4 Å². The zero-order valence-electron chi connectivity index (χ0n) is 16.1. The summed E-state index contributed by atoms with van der Waals surface area (Å²) in [7, 11) is 0. The van der Waals surface area contributed by atoms with Crippen LogP contribution in [-0.4, -0.2) is 35.2 Å². The van der Waals surface area contributed by atoms with Crippen LogP contribution in [0.4, 0.5) is 10.8 Å². The number of nitrogens with zero attached hydrogens (tertiary/aromatic N) is 4. The average Bonchev–Trinajstić information content (AvgIpc) is 3.15. The first kappa shape index (κ1) is 18.2. The van der Waals surface area contributed by atoms with E-state index in [1.807, 2.05) is 24.3 Å². The van der Waals surface area contributed by atoms with Crippen molar-refractivity contribution in [1.29, 1.82) is 5.26 Å². The number of nitrogens with one attached hydrogen (secondary N) is 1. The Morgan fingerprint density at radius 1 is 1.14 bits per heavy atom. The number of fused-ring (bicyclic) bond motifs is 1. The summed E-state index contributed by atoms with van der Waals surface area (Å²) in [6, 6.07) is 15.0. The number of pyridine rings is 1. The van der Waals surface area contributed by atoms with Crippen molar-refractivity contribution in [1.82, 2.24) is 9.97 Å². The molecule has 2 fully saturated rings. The van der Waals surface area contributed by atoms with Crippen LogP contribution in [0.1, 0.15) is 25.7 Å². The van der Waals surface area contributed by atoms with Crippen LogP contribution in [0.25, 0.3) is 10.2 Å². The van der Waals surface area contributed by atoms with Crippen LogP contribution in [0.5, 0.6) is 5.88 Å². The minimum Gasteiger partial charge on any atom is -0.473 e. The van der Waals surface area contributed by atoms with Gasteiger partial charge in [0.1, 0.15) is 6.10 Å². The van der Waals surface area contributed by atoms with Gasteiger partial charge in [-0.05, 0) is 37.1 Å². The van der Waals surface area contributed by atoms with Crippen LogP contribution in [0.15, 0.2) is 42.6 Å². The van der Waals surface area contributed by atoms with Crippen LogP contribution >= 0.6 is 11.3 Å². The summed E-state index contributed by atoms with van der Waals surface area (Å²) < 4.78 is 7.45. The second-order valence-corrected chi connectivity index (χ2v) is 8.79. The number of para-hydroxylation sites is 1. The summed E-state index contributed by atoms with van der Waals surface area (Å²) in [6.07, 6.45) is 5.67. The SMILES string of the molecule is N#CC1CCN(c2cccnc2O[C@H]2C[C@H](Nc3nc4ccccc4s3)C2)CC1. The molecule has 0 bridgehead atoms. The fraction of sp³-hybridized carbons (Fsp3) is 0.409. The van der Waals surface area contributed by atoms with Gasteiger partial charge in [0.2, 0.25) is 5.88 Å². The van der Waals surface area contributed by atoms with Crippen molar-refractivity contribution < 1.29 is 4.74 Å². The maximum Gasteiger partial charge on any atom is 0.237 e. The summed E-state index contributed by atoms with van der Waals surface area (Å²) in [5.74, 6) is 0.889. The first-order valence-corrected chi connectivity index (χ1v) is 11.0. The van der Waals surface area contributed by atoms with Gasteiger partial charge < -0.3 is 15.0 Å². The zero-order chi connectivity index (χ0) is 19.6. The number of aromatic nitrogens is 2. The summed E-state index contributed by atoms with van der Waals surface area (Å²) in [4.78, 5) is 11.4. The zero-order valence-corrected chi connectivity index (χ0v) is 16.9. The van der Waals surface area contributed by atoms with Crippen molar-refractivity contribution in [2.24, 2.45) is 5.92 Å². The molecule has 1 aromatic carbocycles. The highest BCUT2D eigenvalue weighted by atomic mass is 32.1. The van der Waals surface area contributed by atoms with Gasteiger partial charge in [0.05, 0.1) is 22.0 Å². The Hall–Kier alpha value is -2.85. The van der Waals surface area contributed by atoms with E-state index in [4.69, 9.17) is 10.00 Å². The number of piperidine rings is 1. The third-order valence-electron chi connectivity index (χ3n) is 5.76. The smallest absolute Gasteiger partial charge is 0.237 e. The number of hydrogen-bond acceptors (Lipinski definition) is 7. The van der Waals surface area contributed by atoms with Crippen LogP contribution in [-0.2, 0) is 0 Å². The van der Waals surface area contributed by atoms with E-state index in [1.54, 1.807) is 17.5 Å². The molecule has 3 heterocycles. The number of anilines is 2. The van der Waals surface area contributed by atoms with Crippen molar-refractivity contribution >= 4 is 32.4 Å². The second-order valence-electron chi connectivity index (χ2n) is 7.76. The fourth-order valence-electron chi connectivity index (χ4n) is 4.01. The highest BCUT2D eigenvalue weighted by Crippen LogP contribution is 2.35. The van der Waals surface area contributed by atoms with Gasteiger partial charge in [-0.25, -0.2) is 9.97 Å². The van der Waals surface area contributed by atoms with Gasteiger partial charge in [-0.2, -0.15) is 5.26 Å². The van der Waals surface area contributed by atoms with Crippen LogP contribution in [0.2, 0.25) is 0 Å². The Bertz CT molecular complexity index is 998. The lowest BCUT2D eigenvalue weighted by Crippen LogP contribution is -2.43. The molecule has 1 aliphatic heterocycles. The number of ether oxygens (including phenoxy) is 1. The lowest BCUT2D eigenvalue weighted by atomic mass is 9.89. The molecule has 0 spiro atoms. The topological polar surface area (TPSA) is 74.1 Å². The van der Waals surface area contributed by atoms with E-state index >= 15 is 0 Å². The molecule has 1 saturated heterocycles. The maximum absolute atomic E-state index is 9.12. The summed E-state index contributed by atoms with van der Waals surface area (Å²) in [5, 5.41) is 13.6. The number of nitriles is 1. The summed E-state index contributed by atoms with van der Waals surface area (Å²) in [6.45, 7) is 1.76. The van der Waals surface area contributed by atoms with E-state index in [0.29, 0.717) is 11.9 Å². The minimum absolute atomic E-state index is 0.173. The van der Waals surface area contributed by atoms with Gasteiger partial charge in [0, 0.05) is 44.1 Å². The molecule has 2 aromatic heterocycles. The molecule has 0 amide bonds. The Kier molecular flexibility index (Phi) is 4.94. The molecule has 0 radical (unpaired) electrons. The molecule has 6 nitrogen and oxygen atoms in total. The van der Waals surface area contributed by atoms with Crippen molar-refractivity contribution in [3.63, 3.8) is 0 Å². The van der Waals surface area contributed by atoms with E-state index in [0.717, 1.165) is 55.1 Å². The monoisotopic (exact) mass is 405 g/mol. The van der Waals surface area contributed by atoms with Crippen molar-refractivity contribution in [3.05, 3.63) is 42.6 Å². The Morgan fingerprint density at radius 2 is 1.97 bits per heavy atom. The van der Waals surface area contributed by atoms with E-state index in [1.165, 1.54) is 4.70 Å². The largest absolute Gasteiger partial charge is 0.473 e. The average molecular weight is 406 g/mol. The molecule has 2 aliphatic rings. The van der Waals surface area contributed by atoms with E-state index in [9.17, 15) is 0 Å². The van der Waals surface area contributed by atoms with Crippen molar-refractivity contribution in [2.75, 3.05) is 23.3 Å². The molecule has 5 rings (SSSR count). The van der Waals surface area contributed by atoms with Gasteiger partial charge in [-0.15, -0.1) is 0 Å². The van der Waals surface area contributed by atoms with Crippen LogP contribution in [0.3, 0.4) is 0 Å². The van der Waals surface area contributed by atoms with Crippen molar-refractivity contribution in [2.45, 2.75) is 37.8 Å². The second kappa shape index (κ2) is 7.88. The predicted molar refractivity (Wildman–Crippen MR) is 115 cm³/mol. The van der Waals surface area contributed by atoms with Crippen molar-refractivity contribution in [3.8, 4) is 11.9 Å². The van der Waals surface area contributed by atoms with Gasteiger partial charge >= 0.3 is 0 Å². The highest BCUT2D eigenvalue weighted by molar-refractivity contribution is 7.22. The highest BCUT2D eigenvalue weighted by Gasteiger charge is 2.33. The maximum atomic E-state index is 9.12. The lowest BCUT2D eigenvalue weighted by molar-refractivity contribution is 0.103. The number of benzene rings is 1. The third-order valence-corrected chi connectivity index (χ3v) is 6.73. The van der Waals surface area contributed by atoms with E-state index < -0.39 is 0 Å². The predicted octanol–water partition coefficient (Wildman–Crippen LogP) is 4.45. The van der Waals surface area contributed by atoms with Gasteiger partial charge in [0.15, 0.2) is 5.13 Å². The lowest BCUT2D eigenvalue weighted by Gasteiger charge is -2.37. The molecule has 3 aromatic rings. The summed E-state index contributed by atoms with van der Waals surface area (Å²) >= 11 is 1.70. The minimum atomic E-state index is 0.173. The first-order valence-electron chi connectivity index (χ1n) is 10.2. The van der Waals surface area contributed by atoms with Gasteiger partial charge in [-0.1, -0.05) is 23.5 Å². The third kappa shape index (κ3) is 3.85. The standard InChI is InChI=1S/C22H23N5OS/c23-14-15-7-10-27(11-8-15)19-5-3-9-24-21(19)28-17-12-16(13-17)25-22-26-18-4-1-2-6-20(18)29-22/h1-6,9,15-17H,7-8,10-13H2,(H,25,26)/t16-,17-. The normalized spacial score (nSPS) is 22.1. The molecular weight excluding hydrogens is 382 g/mol. The number of hydrogen-bond donors (Lipinski definition) is 1. The Balaban J connectivity index is 1.18. The summed E-state index contributed by atoms with van der Waals surface area (Å²) in [5.41, 5.74) is 2.09.